The molecule has 1 aliphatic heterocycles. The van der Waals surface area contributed by atoms with Crippen molar-refractivity contribution in [3.8, 4) is 11.5 Å². The van der Waals surface area contributed by atoms with Gasteiger partial charge in [-0.25, -0.2) is 9.50 Å². The van der Waals surface area contributed by atoms with Crippen LogP contribution in [0.4, 0.5) is 5.69 Å². The lowest BCUT2D eigenvalue weighted by molar-refractivity contribution is -0.121. The van der Waals surface area contributed by atoms with Crippen LogP contribution in [0, 0.1) is 12.8 Å². The van der Waals surface area contributed by atoms with Crippen molar-refractivity contribution in [1.82, 2.24) is 14.6 Å². The fraction of sp³-hybridized carbons (Fsp3) is 0.278. The van der Waals surface area contributed by atoms with Gasteiger partial charge in [0.05, 0.1) is 18.7 Å². The van der Waals surface area contributed by atoms with Crippen LogP contribution in [0.15, 0.2) is 36.5 Å². The molecule has 3 heterocycles. The maximum atomic E-state index is 12.7. The minimum atomic E-state index is -0.274. The van der Waals surface area contributed by atoms with E-state index in [2.05, 4.69) is 15.4 Å². The molecular weight excluding hydrogens is 320 g/mol. The number of amides is 1. The van der Waals surface area contributed by atoms with Gasteiger partial charge in [-0.1, -0.05) is 12.1 Å². The quantitative estimate of drug-likeness (QED) is 0.792. The molecule has 7 heteroatoms. The van der Waals surface area contributed by atoms with Crippen LogP contribution in [-0.4, -0.2) is 34.2 Å². The first-order chi connectivity index (χ1) is 12.2. The minimum absolute atomic E-state index is 0.0952. The Morgan fingerprint density at radius 3 is 3.08 bits per heavy atom. The number of benzene rings is 1. The van der Waals surface area contributed by atoms with Crippen molar-refractivity contribution in [2.75, 3.05) is 19.0 Å². The molecule has 7 nitrogen and oxygen atoms in total. The minimum Gasteiger partial charge on any atom is -0.493 e. The smallest absolute Gasteiger partial charge is 0.231 e. The molecule has 3 aromatic rings. The van der Waals surface area contributed by atoms with Crippen molar-refractivity contribution in [2.24, 2.45) is 5.92 Å². The molecule has 0 bridgehead atoms. The summed E-state index contributed by atoms with van der Waals surface area (Å²) < 4.78 is 12.8. The molecule has 0 aliphatic carbocycles. The number of hydrogen-bond acceptors (Lipinski definition) is 5. The highest BCUT2D eigenvalue weighted by Crippen LogP contribution is 2.36. The molecule has 2 aromatic heterocycles. The third kappa shape index (κ3) is 2.77. The van der Waals surface area contributed by atoms with Gasteiger partial charge >= 0.3 is 0 Å². The van der Waals surface area contributed by atoms with E-state index >= 15 is 0 Å². The van der Waals surface area contributed by atoms with Crippen LogP contribution in [0.25, 0.3) is 5.65 Å². The third-order valence-electron chi connectivity index (χ3n) is 4.27. The summed E-state index contributed by atoms with van der Waals surface area (Å²) in [6.45, 7) is 2.13. The zero-order chi connectivity index (χ0) is 17.4. The molecule has 25 heavy (non-hydrogen) atoms. The molecule has 0 fully saturated rings. The highest BCUT2D eigenvalue weighted by molar-refractivity contribution is 5.96. The standard InChI is InChI=1S/C18H18N4O3/c1-11-19-17-14(6-4-8-22(17)21-11)20-18(23)13-9-12-5-3-7-15(24-2)16(12)25-10-13/h3-8,13H,9-10H2,1-2H3,(H,20,23). The highest BCUT2D eigenvalue weighted by atomic mass is 16.5. The van der Waals surface area contributed by atoms with Gasteiger partial charge in [0.15, 0.2) is 17.1 Å². The Labute approximate surface area is 144 Å². The Balaban J connectivity index is 1.55. The summed E-state index contributed by atoms with van der Waals surface area (Å²) in [5, 5.41) is 7.21. The van der Waals surface area contributed by atoms with Gasteiger partial charge in [0.1, 0.15) is 12.4 Å². The SMILES string of the molecule is COc1cccc2c1OCC(C(=O)Nc1cccn3nc(C)nc13)C2. The average molecular weight is 338 g/mol. The first-order valence-corrected chi connectivity index (χ1v) is 8.07. The van der Waals surface area contributed by atoms with Crippen LogP contribution in [-0.2, 0) is 11.2 Å². The summed E-state index contributed by atoms with van der Waals surface area (Å²) in [6, 6.07) is 9.37. The van der Waals surface area contributed by atoms with Gasteiger partial charge in [-0.05, 0) is 37.1 Å². The predicted molar refractivity (Wildman–Crippen MR) is 92.0 cm³/mol. The molecule has 4 rings (SSSR count). The molecule has 1 N–H and O–H groups in total. The number of methoxy groups -OCH3 is 1. The molecule has 1 aliphatic rings. The number of anilines is 1. The number of pyridine rings is 1. The van der Waals surface area contributed by atoms with Gasteiger partial charge in [-0.15, -0.1) is 0 Å². The van der Waals surface area contributed by atoms with Gasteiger partial charge in [-0.2, -0.15) is 5.10 Å². The monoisotopic (exact) mass is 338 g/mol. The highest BCUT2D eigenvalue weighted by Gasteiger charge is 2.28. The molecule has 1 aromatic carbocycles. The average Bonchev–Trinajstić information content (AvgIpc) is 3.02. The maximum Gasteiger partial charge on any atom is 0.231 e. The van der Waals surface area contributed by atoms with Crippen molar-refractivity contribution < 1.29 is 14.3 Å². The zero-order valence-corrected chi connectivity index (χ0v) is 14.0. The molecule has 0 spiro atoms. The summed E-state index contributed by atoms with van der Waals surface area (Å²) in [6.07, 6.45) is 2.41. The summed E-state index contributed by atoms with van der Waals surface area (Å²) in [7, 11) is 1.61. The zero-order valence-electron chi connectivity index (χ0n) is 14.0. The van der Waals surface area contributed by atoms with Crippen LogP contribution < -0.4 is 14.8 Å². The number of aromatic nitrogens is 3. The maximum absolute atomic E-state index is 12.7. The first-order valence-electron chi connectivity index (χ1n) is 8.07. The van der Waals surface area contributed by atoms with E-state index in [1.165, 1.54) is 0 Å². The molecular formula is C18H18N4O3. The number of rotatable bonds is 3. The number of nitrogens with zero attached hydrogens (tertiary/aromatic N) is 3. The van der Waals surface area contributed by atoms with E-state index < -0.39 is 0 Å². The Bertz CT molecular complexity index is 951. The Morgan fingerprint density at radius 2 is 2.24 bits per heavy atom. The summed E-state index contributed by atoms with van der Waals surface area (Å²) in [5.41, 5.74) is 2.25. The number of carbonyl (C=O) groups excluding carboxylic acids is 1. The van der Waals surface area contributed by atoms with Crippen LogP contribution >= 0.6 is 0 Å². The van der Waals surface area contributed by atoms with Crippen LogP contribution in [0.1, 0.15) is 11.4 Å². The van der Waals surface area contributed by atoms with Gasteiger partial charge in [0, 0.05) is 6.20 Å². The summed E-state index contributed by atoms with van der Waals surface area (Å²) in [5.74, 6) is 1.71. The van der Waals surface area contributed by atoms with E-state index in [1.54, 1.807) is 17.8 Å². The Morgan fingerprint density at radius 1 is 1.36 bits per heavy atom. The number of carbonyl (C=O) groups is 1. The number of nitrogens with one attached hydrogen (secondary N) is 1. The molecule has 0 radical (unpaired) electrons. The molecule has 0 saturated heterocycles. The fourth-order valence-electron chi connectivity index (χ4n) is 3.07. The Kier molecular flexibility index (Phi) is 3.76. The van der Waals surface area contributed by atoms with E-state index in [1.807, 2.05) is 37.3 Å². The van der Waals surface area contributed by atoms with Gasteiger partial charge in [0.2, 0.25) is 5.91 Å². The lowest BCUT2D eigenvalue weighted by atomic mass is 9.95. The number of hydrogen-bond donors (Lipinski definition) is 1. The van der Waals surface area contributed by atoms with Gasteiger partial charge in [0.25, 0.3) is 0 Å². The number of fused-ring (bicyclic) bond motifs is 2. The van der Waals surface area contributed by atoms with E-state index in [0.717, 1.165) is 11.3 Å². The normalized spacial score (nSPS) is 16.2. The largest absolute Gasteiger partial charge is 0.493 e. The van der Waals surface area contributed by atoms with Crippen molar-refractivity contribution in [3.05, 3.63) is 47.9 Å². The van der Waals surface area contributed by atoms with Crippen molar-refractivity contribution in [1.29, 1.82) is 0 Å². The lowest BCUT2D eigenvalue weighted by Crippen LogP contribution is -2.32. The van der Waals surface area contributed by atoms with Crippen molar-refractivity contribution in [3.63, 3.8) is 0 Å². The first kappa shape index (κ1) is 15.4. The number of aryl methyl sites for hydroxylation is 1. The van der Waals surface area contributed by atoms with Crippen molar-refractivity contribution in [2.45, 2.75) is 13.3 Å². The number of ether oxygens (including phenoxy) is 2. The molecule has 0 saturated carbocycles. The predicted octanol–water partition coefficient (Wildman–Crippen LogP) is 2.24. The molecule has 128 valence electrons. The van der Waals surface area contributed by atoms with Crippen molar-refractivity contribution >= 4 is 17.2 Å². The van der Waals surface area contributed by atoms with Crippen LogP contribution in [0.5, 0.6) is 11.5 Å². The third-order valence-corrected chi connectivity index (χ3v) is 4.27. The summed E-state index contributed by atoms with van der Waals surface area (Å²) in [4.78, 5) is 17.1. The second-order valence-electron chi connectivity index (χ2n) is 6.00. The second-order valence-corrected chi connectivity index (χ2v) is 6.00. The van der Waals surface area contributed by atoms with Crippen LogP contribution in [0.2, 0.25) is 0 Å². The lowest BCUT2D eigenvalue weighted by Gasteiger charge is -2.25. The number of para-hydroxylation sites is 1. The summed E-state index contributed by atoms with van der Waals surface area (Å²) >= 11 is 0. The molecule has 1 amide bonds. The Hall–Kier alpha value is -3.09. The van der Waals surface area contributed by atoms with Gasteiger partial charge < -0.3 is 14.8 Å². The van der Waals surface area contributed by atoms with E-state index in [-0.39, 0.29) is 11.8 Å². The topological polar surface area (TPSA) is 77.8 Å². The van der Waals surface area contributed by atoms with Gasteiger partial charge in [-0.3, -0.25) is 4.79 Å². The van der Waals surface area contributed by atoms with Crippen LogP contribution in [0.3, 0.4) is 0 Å². The van der Waals surface area contributed by atoms with E-state index in [0.29, 0.717) is 35.9 Å². The molecule has 1 atom stereocenters. The second kappa shape index (κ2) is 6.08. The molecule has 1 unspecified atom stereocenters. The van der Waals surface area contributed by atoms with E-state index in [4.69, 9.17) is 9.47 Å². The fourth-order valence-corrected chi connectivity index (χ4v) is 3.07. The van der Waals surface area contributed by atoms with E-state index in [9.17, 15) is 4.79 Å².